The first-order chi connectivity index (χ1) is 12.2. The van der Waals surface area contributed by atoms with Crippen LogP contribution in [0, 0.1) is 0 Å². The van der Waals surface area contributed by atoms with Gasteiger partial charge in [-0.15, -0.1) is 22.7 Å². The number of benzene rings is 1. The summed E-state index contributed by atoms with van der Waals surface area (Å²) in [4.78, 5) is 17.6. The maximum Gasteiger partial charge on any atom is 0.246 e. The Balaban J connectivity index is 1.27. The number of hydrogen-bond donors (Lipinski definition) is 1. The zero-order valence-electron chi connectivity index (χ0n) is 13.4. The first-order valence-corrected chi connectivity index (χ1v) is 11.3. The molecule has 0 aliphatic carbocycles. The zero-order valence-corrected chi connectivity index (χ0v) is 17.4. The molecule has 0 aliphatic rings. The third-order valence-electron chi connectivity index (χ3n) is 3.24. The third kappa shape index (κ3) is 6.07. The van der Waals surface area contributed by atoms with Gasteiger partial charge in [0.15, 0.2) is 0 Å². The molecule has 0 saturated heterocycles. The highest BCUT2D eigenvalue weighted by molar-refractivity contribution is 9.11. The molecule has 3 aromatic rings. The van der Waals surface area contributed by atoms with Crippen molar-refractivity contribution >= 4 is 66.5 Å². The van der Waals surface area contributed by atoms with E-state index in [0.29, 0.717) is 13.2 Å². The highest BCUT2D eigenvalue weighted by Gasteiger charge is 2.05. The Morgan fingerprint density at radius 3 is 2.92 bits per heavy atom. The van der Waals surface area contributed by atoms with Crippen LogP contribution in [0.15, 0.2) is 40.2 Å². The Bertz CT molecular complexity index is 801. The number of nitrogens with one attached hydrogen (secondary N) is 1. The van der Waals surface area contributed by atoms with Crippen LogP contribution in [-0.2, 0) is 21.9 Å². The van der Waals surface area contributed by atoms with Gasteiger partial charge >= 0.3 is 0 Å². The van der Waals surface area contributed by atoms with Crippen molar-refractivity contribution < 1.29 is 9.53 Å². The number of carbonyl (C=O) groups is 1. The summed E-state index contributed by atoms with van der Waals surface area (Å²) in [7, 11) is 0. The molecule has 1 aromatic carbocycles. The van der Waals surface area contributed by atoms with Crippen molar-refractivity contribution in [3.8, 4) is 0 Å². The van der Waals surface area contributed by atoms with Crippen LogP contribution in [0.3, 0.4) is 0 Å². The predicted octanol–water partition coefficient (Wildman–Crippen LogP) is 4.69. The van der Waals surface area contributed by atoms with E-state index < -0.39 is 0 Å². The number of fused-ring (bicyclic) bond motifs is 1. The summed E-state index contributed by atoms with van der Waals surface area (Å²) >= 11 is 8.62. The van der Waals surface area contributed by atoms with E-state index in [0.717, 1.165) is 30.5 Å². The molecule has 2 aromatic heterocycles. The number of rotatable bonds is 9. The van der Waals surface area contributed by atoms with Crippen molar-refractivity contribution in [1.29, 1.82) is 0 Å². The van der Waals surface area contributed by atoms with Crippen LogP contribution in [0.4, 0.5) is 0 Å². The number of thiazole rings is 1. The maximum absolute atomic E-state index is 11.8. The van der Waals surface area contributed by atoms with E-state index in [1.165, 1.54) is 4.88 Å². The molecule has 8 heteroatoms. The summed E-state index contributed by atoms with van der Waals surface area (Å²) in [6.45, 7) is 1.09. The highest BCUT2D eigenvalue weighted by Crippen LogP contribution is 2.25. The molecule has 0 aliphatic heterocycles. The van der Waals surface area contributed by atoms with E-state index in [9.17, 15) is 4.79 Å². The van der Waals surface area contributed by atoms with Crippen molar-refractivity contribution in [3.63, 3.8) is 0 Å². The average molecular weight is 457 g/mol. The Morgan fingerprint density at radius 1 is 1.24 bits per heavy atom. The first kappa shape index (κ1) is 18.8. The first-order valence-electron chi connectivity index (χ1n) is 7.71. The maximum atomic E-state index is 11.8. The molecule has 0 radical (unpaired) electrons. The summed E-state index contributed by atoms with van der Waals surface area (Å²) in [6.07, 6.45) is 0. The van der Waals surface area contributed by atoms with Crippen LogP contribution >= 0.6 is 50.4 Å². The second kappa shape index (κ2) is 9.68. The number of ether oxygens (including phenoxy) is 1. The van der Waals surface area contributed by atoms with Gasteiger partial charge in [-0.1, -0.05) is 12.1 Å². The molecule has 0 saturated carbocycles. The van der Waals surface area contributed by atoms with Crippen LogP contribution in [-0.4, -0.2) is 29.8 Å². The van der Waals surface area contributed by atoms with Crippen LogP contribution in [0.2, 0.25) is 0 Å². The van der Waals surface area contributed by atoms with Crippen LogP contribution < -0.4 is 5.32 Å². The number of carbonyl (C=O) groups excluding carboxylic acids is 1. The second-order valence-electron chi connectivity index (χ2n) is 5.18. The van der Waals surface area contributed by atoms with Crippen LogP contribution in [0.5, 0.6) is 0 Å². The van der Waals surface area contributed by atoms with Gasteiger partial charge in [0.05, 0.1) is 20.6 Å². The van der Waals surface area contributed by atoms with Gasteiger partial charge in [-0.25, -0.2) is 4.98 Å². The number of thioether (sulfide) groups is 1. The van der Waals surface area contributed by atoms with Gasteiger partial charge in [-0.2, -0.15) is 11.8 Å². The van der Waals surface area contributed by atoms with Gasteiger partial charge in [0, 0.05) is 22.9 Å². The monoisotopic (exact) mass is 456 g/mol. The zero-order chi connectivity index (χ0) is 17.5. The molecular weight excluding hydrogens is 440 g/mol. The fraction of sp³-hybridized carbons (Fsp3) is 0.294. The average Bonchev–Trinajstić information content (AvgIpc) is 3.20. The quantitative estimate of drug-likeness (QED) is 0.474. The summed E-state index contributed by atoms with van der Waals surface area (Å²) in [6, 6.07) is 12.2. The lowest BCUT2D eigenvalue weighted by Crippen LogP contribution is -2.29. The molecule has 0 unspecified atom stereocenters. The smallest absolute Gasteiger partial charge is 0.246 e. The topological polar surface area (TPSA) is 51.2 Å². The van der Waals surface area contributed by atoms with Crippen molar-refractivity contribution in [2.75, 3.05) is 18.9 Å². The van der Waals surface area contributed by atoms with Crippen molar-refractivity contribution in [2.45, 2.75) is 12.4 Å². The molecule has 0 bridgehead atoms. The molecule has 4 nitrogen and oxygen atoms in total. The molecule has 1 amide bonds. The Morgan fingerprint density at radius 2 is 2.12 bits per heavy atom. The summed E-state index contributed by atoms with van der Waals surface area (Å²) in [5.41, 5.74) is 0.977. The SMILES string of the molecule is O=C(COCc1nc2ccccc2s1)NCCSCc1ccc(Br)s1. The van der Waals surface area contributed by atoms with Gasteiger partial charge in [-0.3, -0.25) is 4.79 Å². The number of nitrogens with zero attached hydrogens (tertiary/aromatic N) is 1. The van der Waals surface area contributed by atoms with E-state index in [4.69, 9.17) is 4.74 Å². The minimum absolute atomic E-state index is 0.0679. The lowest BCUT2D eigenvalue weighted by Gasteiger charge is -2.05. The molecule has 1 N–H and O–H groups in total. The van der Waals surface area contributed by atoms with Crippen molar-refractivity contribution in [2.24, 2.45) is 0 Å². The van der Waals surface area contributed by atoms with Crippen molar-refractivity contribution in [1.82, 2.24) is 10.3 Å². The molecule has 3 rings (SSSR count). The summed E-state index contributed by atoms with van der Waals surface area (Å²) in [5, 5.41) is 3.77. The van der Waals surface area contributed by atoms with Gasteiger partial charge in [0.2, 0.25) is 5.91 Å². The molecule has 0 spiro atoms. The number of aromatic nitrogens is 1. The summed E-state index contributed by atoms with van der Waals surface area (Å²) in [5.74, 6) is 1.78. The minimum atomic E-state index is -0.0828. The van der Waals surface area contributed by atoms with Gasteiger partial charge in [-0.05, 0) is 40.2 Å². The van der Waals surface area contributed by atoms with Gasteiger partial charge < -0.3 is 10.1 Å². The summed E-state index contributed by atoms with van der Waals surface area (Å²) < 4.78 is 7.76. The van der Waals surface area contributed by atoms with Crippen LogP contribution in [0.25, 0.3) is 10.2 Å². The van der Waals surface area contributed by atoms with E-state index in [1.54, 1.807) is 22.7 Å². The standard InChI is InChI=1S/C17H17BrN2O2S3/c18-15-6-5-12(24-15)11-23-8-7-19-16(21)9-22-10-17-20-13-3-1-2-4-14(13)25-17/h1-6H,7-11H2,(H,19,21). The van der Waals surface area contributed by atoms with Crippen LogP contribution in [0.1, 0.15) is 9.88 Å². The molecule has 0 atom stereocenters. The predicted molar refractivity (Wildman–Crippen MR) is 110 cm³/mol. The van der Waals surface area contributed by atoms with Gasteiger partial charge in [0.1, 0.15) is 11.6 Å². The number of thiophene rings is 1. The number of amides is 1. The Hall–Kier alpha value is -0.930. The normalized spacial score (nSPS) is 11.1. The van der Waals surface area contributed by atoms with Gasteiger partial charge in [0.25, 0.3) is 0 Å². The number of para-hydroxylation sites is 1. The van der Waals surface area contributed by atoms with E-state index in [1.807, 2.05) is 36.0 Å². The van der Waals surface area contributed by atoms with E-state index in [-0.39, 0.29) is 12.5 Å². The molecular formula is C17H17BrN2O2S3. The minimum Gasteiger partial charge on any atom is -0.364 e. The molecule has 0 fully saturated rings. The Kier molecular flexibility index (Phi) is 7.30. The second-order valence-corrected chi connectivity index (χ2v) is 9.94. The third-order valence-corrected chi connectivity index (χ3v) is 7.06. The fourth-order valence-electron chi connectivity index (χ4n) is 2.13. The largest absolute Gasteiger partial charge is 0.364 e. The van der Waals surface area contributed by atoms with E-state index >= 15 is 0 Å². The number of halogens is 1. The lowest BCUT2D eigenvalue weighted by molar-refractivity contribution is -0.125. The highest BCUT2D eigenvalue weighted by atomic mass is 79.9. The fourth-order valence-corrected chi connectivity index (χ4v) is 5.49. The molecule has 2 heterocycles. The number of hydrogen-bond acceptors (Lipinski definition) is 6. The van der Waals surface area contributed by atoms with Crippen molar-refractivity contribution in [3.05, 3.63) is 50.1 Å². The molecule has 25 heavy (non-hydrogen) atoms. The Labute approximate surface area is 167 Å². The lowest BCUT2D eigenvalue weighted by atomic mass is 10.3. The van der Waals surface area contributed by atoms with E-state index in [2.05, 4.69) is 38.4 Å². The molecule has 132 valence electrons.